The summed E-state index contributed by atoms with van der Waals surface area (Å²) in [7, 11) is 0. The number of allylic oxidation sites excluding steroid dienone is 2. The van der Waals surface area contributed by atoms with Crippen molar-refractivity contribution in [2.45, 2.75) is 52.1 Å². The molecule has 3 aliphatic rings. The molecule has 0 radical (unpaired) electrons. The minimum absolute atomic E-state index is 0.0269. The van der Waals surface area contributed by atoms with Crippen molar-refractivity contribution in [3.05, 3.63) is 101 Å². The van der Waals surface area contributed by atoms with Gasteiger partial charge in [-0.3, -0.25) is 14.5 Å². The molecule has 4 atom stereocenters. The van der Waals surface area contributed by atoms with Gasteiger partial charge in [-0.2, -0.15) is 0 Å². The van der Waals surface area contributed by atoms with Crippen LogP contribution >= 0.6 is 0 Å². The highest BCUT2D eigenvalue weighted by atomic mass is 16.5. The number of rotatable bonds is 9. The van der Waals surface area contributed by atoms with Gasteiger partial charge in [-0.1, -0.05) is 61.4 Å². The number of carbonyl (C=O) groups is 2. The van der Waals surface area contributed by atoms with Gasteiger partial charge in [0.1, 0.15) is 5.75 Å². The number of hydrogen-bond donors (Lipinski definition) is 2. The minimum atomic E-state index is -0.367. The zero-order valence-corrected chi connectivity index (χ0v) is 24.3. The van der Waals surface area contributed by atoms with E-state index in [1.54, 1.807) is 12.1 Å². The molecule has 6 rings (SSSR count). The Kier molecular flexibility index (Phi) is 7.98. The Morgan fingerprint density at radius 3 is 2.33 bits per heavy atom. The van der Waals surface area contributed by atoms with Crippen molar-refractivity contribution < 1.29 is 19.4 Å². The number of amides is 2. The van der Waals surface area contributed by atoms with Crippen molar-refractivity contribution in [1.29, 1.82) is 0 Å². The second kappa shape index (κ2) is 12.0. The molecule has 6 nitrogen and oxygen atoms in total. The van der Waals surface area contributed by atoms with Gasteiger partial charge in [0, 0.05) is 17.3 Å². The van der Waals surface area contributed by atoms with Crippen LogP contribution in [0.4, 0.5) is 17.1 Å². The van der Waals surface area contributed by atoms with Crippen LogP contribution in [0, 0.1) is 17.8 Å². The number of phenols is 1. The summed E-state index contributed by atoms with van der Waals surface area (Å²) < 4.78 is 6.39. The van der Waals surface area contributed by atoms with E-state index in [4.69, 9.17) is 4.74 Å². The van der Waals surface area contributed by atoms with E-state index in [9.17, 15) is 14.7 Å². The maximum Gasteiger partial charge on any atom is 0.238 e. The predicted molar refractivity (Wildman–Crippen MR) is 166 cm³/mol. The van der Waals surface area contributed by atoms with Gasteiger partial charge in [-0.25, -0.2) is 0 Å². The van der Waals surface area contributed by atoms with Crippen LogP contribution in [0.2, 0.25) is 0 Å². The van der Waals surface area contributed by atoms with E-state index in [0.29, 0.717) is 18.7 Å². The molecule has 2 amide bonds. The van der Waals surface area contributed by atoms with Gasteiger partial charge in [-0.05, 0) is 91.8 Å². The van der Waals surface area contributed by atoms with E-state index in [1.165, 1.54) is 21.6 Å². The lowest BCUT2D eigenvalue weighted by atomic mass is 9.69. The van der Waals surface area contributed by atoms with Crippen molar-refractivity contribution in [3.8, 4) is 5.75 Å². The van der Waals surface area contributed by atoms with Gasteiger partial charge in [0.25, 0.3) is 0 Å². The SMILES string of the molecule is CCC1=C2[C@@H](CC/C(=C/c3ccc(O)cc3)CC)OC[C@@H]2[C@@H]2C(=O)N(c3ccc(Nc4ccccc4)cc3)C(=O)[C@@H]2C1. The molecule has 1 aliphatic carbocycles. The molecule has 2 heterocycles. The largest absolute Gasteiger partial charge is 0.508 e. The molecule has 0 unspecified atom stereocenters. The lowest BCUT2D eigenvalue weighted by Gasteiger charge is -2.31. The summed E-state index contributed by atoms with van der Waals surface area (Å²) in [4.78, 5) is 29.0. The van der Waals surface area contributed by atoms with Crippen molar-refractivity contribution in [3.63, 3.8) is 0 Å². The summed E-state index contributed by atoms with van der Waals surface area (Å²) in [5.41, 5.74) is 7.45. The molecule has 42 heavy (non-hydrogen) atoms. The van der Waals surface area contributed by atoms with Gasteiger partial charge < -0.3 is 15.2 Å². The number of imide groups is 1. The molecule has 2 fully saturated rings. The lowest BCUT2D eigenvalue weighted by molar-refractivity contribution is -0.122. The highest BCUT2D eigenvalue weighted by Crippen LogP contribution is 2.51. The third kappa shape index (κ3) is 5.39. The van der Waals surface area contributed by atoms with Crippen molar-refractivity contribution in [1.82, 2.24) is 0 Å². The molecule has 2 N–H and O–H groups in total. The number of para-hydroxylation sites is 1. The molecule has 0 spiro atoms. The number of aromatic hydroxyl groups is 1. The Hall–Kier alpha value is -4.16. The predicted octanol–water partition coefficient (Wildman–Crippen LogP) is 7.64. The molecule has 0 aromatic heterocycles. The number of hydrogen-bond acceptors (Lipinski definition) is 5. The number of phenolic OH excluding ortho intramolecular Hbond substituents is 1. The smallest absolute Gasteiger partial charge is 0.238 e. The highest BCUT2D eigenvalue weighted by molar-refractivity contribution is 6.22. The number of nitrogens with zero attached hydrogens (tertiary/aromatic N) is 1. The summed E-state index contributed by atoms with van der Waals surface area (Å²) in [6, 6.07) is 24.7. The molecular weight excluding hydrogens is 524 g/mol. The van der Waals surface area contributed by atoms with Crippen LogP contribution in [0.25, 0.3) is 6.08 Å². The zero-order chi connectivity index (χ0) is 29.2. The van der Waals surface area contributed by atoms with Crippen LogP contribution < -0.4 is 10.2 Å². The average Bonchev–Trinajstić information content (AvgIpc) is 3.55. The molecule has 2 saturated heterocycles. The first-order valence-corrected chi connectivity index (χ1v) is 15.1. The van der Waals surface area contributed by atoms with Crippen LogP contribution in [0.15, 0.2) is 95.6 Å². The minimum Gasteiger partial charge on any atom is -0.508 e. The standard InChI is InChI=1S/C36H38N2O4/c1-3-23(20-24-10-17-29(39)18-11-24)12-19-32-33-25(4-2)21-30-34(31(33)22-42-32)36(41)38(35(30)40)28-15-13-27(14-16-28)37-26-8-6-5-7-9-26/h5-11,13-18,20,30-32,34,37,39H,3-4,12,19,21-22H2,1-2H3/b23-20+/t30-,31+,32-,34-/m1/s1. The van der Waals surface area contributed by atoms with Crippen molar-refractivity contribution >= 4 is 35.0 Å². The summed E-state index contributed by atoms with van der Waals surface area (Å²) in [6.45, 7) is 4.80. The zero-order valence-electron chi connectivity index (χ0n) is 24.3. The lowest BCUT2D eigenvalue weighted by Crippen LogP contribution is -2.34. The van der Waals surface area contributed by atoms with Crippen LogP contribution in [0.1, 0.15) is 51.5 Å². The molecule has 2 aliphatic heterocycles. The van der Waals surface area contributed by atoms with Gasteiger partial charge in [0.15, 0.2) is 0 Å². The third-order valence-corrected chi connectivity index (χ3v) is 9.07. The normalized spacial score (nSPS) is 23.8. The third-order valence-electron chi connectivity index (χ3n) is 9.07. The van der Waals surface area contributed by atoms with E-state index < -0.39 is 0 Å². The quantitative estimate of drug-likeness (QED) is 0.207. The fraction of sp³-hybridized carbons (Fsp3) is 0.333. The summed E-state index contributed by atoms with van der Waals surface area (Å²) in [5, 5.41) is 13.0. The monoisotopic (exact) mass is 562 g/mol. The molecule has 3 aromatic carbocycles. The van der Waals surface area contributed by atoms with E-state index in [2.05, 4.69) is 25.2 Å². The molecule has 0 saturated carbocycles. The van der Waals surface area contributed by atoms with Crippen LogP contribution in [-0.2, 0) is 14.3 Å². The van der Waals surface area contributed by atoms with E-state index >= 15 is 0 Å². The number of nitrogens with one attached hydrogen (secondary N) is 1. The van der Waals surface area contributed by atoms with Gasteiger partial charge in [0.05, 0.1) is 30.2 Å². The van der Waals surface area contributed by atoms with Gasteiger partial charge in [-0.15, -0.1) is 0 Å². The Labute approximate surface area is 247 Å². The number of fused-ring (bicyclic) bond motifs is 3. The first-order chi connectivity index (χ1) is 20.5. The Bertz CT molecular complexity index is 1510. The van der Waals surface area contributed by atoms with Crippen molar-refractivity contribution in [2.24, 2.45) is 17.8 Å². The number of ether oxygens (including phenoxy) is 1. The average molecular weight is 563 g/mol. The van der Waals surface area contributed by atoms with E-state index in [1.807, 2.05) is 66.7 Å². The van der Waals surface area contributed by atoms with E-state index in [-0.39, 0.29) is 41.4 Å². The first-order valence-electron chi connectivity index (χ1n) is 15.1. The Balaban J connectivity index is 1.18. The molecule has 3 aromatic rings. The van der Waals surface area contributed by atoms with Crippen LogP contribution in [0.3, 0.4) is 0 Å². The van der Waals surface area contributed by atoms with Gasteiger partial charge >= 0.3 is 0 Å². The number of carbonyl (C=O) groups excluding carboxylic acids is 2. The second-order valence-corrected chi connectivity index (χ2v) is 11.5. The Morgan fingerprint density at radius 1 is 0.929 bits per heavy atom. The summed E-state index contributed by atoms with van der Waals surface area (Å²) in [5.74, 6) is -0.667. The first kappa shape index (κ1) is 28.0. The summed E-state index contributed by atoms with van der Waals surface area (Å²) in [6.07, 6.45) is 6.34. The van der Waals surface area contributed by atoms with Crippen LogP contribution in [0.5, 0.6) is 5.75 Å². The fourth-order valence-electron chi connectivity index (χ4n) is 6.92. The molecular formula is C36H38N2O4. The number of anilines is 3. The molecule has 216 valence electrons. The van der Waals surface area contributed by atoms with E-state index in [0.717, 1.165) is 42.6 Å². The topological polar surface area (TPSA) is 78.9 Å². The Morgan fingerprint density at radius 2 is 1.64 bits per heavy atom. The fourth-order valence-corrected chi connectivity index (χ4v) is 6.92. The number of benzene rings is 3. The maximum absolute atomic E-state index is 13.9. The molecule has 0 bridgehead atoms. The van der Waals surface area contributed by atoms with Crippen LogP contribution in [-0.4, -0.2) is 29.6 Å². The summed E-state index contributed by atoms with van der Waals surface area (Å²) >= 11 is 0. The molecule has 6 heteroatoms. The highest BCUT2D eigenvalue weighted by Gasteiger charge is 2.57. The van der Waals surface area contributed by atoms with Gasteiger partial charge in [0.2, 0.25) is 11.8 Å². The van der Waals surface area contributed by atoms with Crippen molar-refractivity contribution in [2.75, 3.05) is 16.8 Å². The second-order valence-electron chi connectivity index (χ2n) is 11.5. The maximum atomic E-state index is 13.9.